The molecular weight excluding hydrogens is 356 g/mol. The molecule has 1 aliphatic rings. The summed E-state index contributed by atoms with van der Waals surface area (Å²) in [5.41, 5.74) is 1.18. The Morgan fingerprint density at radius 2 is 1.14 bits per heavy atom. The van der Waals surface area contributed by atoms with Gasteiger partial charge in [0.25, 0.3) is 0 Å². The van der Waals surface area contributed by atoms with Crippen molar-refractivity contribution < 1.29 is 23.7 Å². The highest BCUT2D eigenvalue weighted by molar-refractivity contribution is 5.13. The molecule has 0 bridgehead atoms. The third kappa shape index (κ3) is 11.8. The van der Waals surface area contributed by atoms with Crippen LogP contribution in [0.5, 0.6) is 0 Å². The third-order valence-electron chi connectivity index (χ3n) is 5.09. The summed E-state index contributed by atoms with van der Waals surface area (Å²) in [6.45, 7) is 8.72. The lowest BCUT2D eigenvalue weighted by atomic mass is 9.83. The summed E-state index contributed by atoms with van der Waals surface area (Å²) >= 11 is 0. The van der Waals surface area contributed by atoms with E-state index >= 15 is 0 Å². The second-order valence-electron chi connectivity index (χ2n) is 7.58. The van der Waals surface area contributed by atoms with Gasteiger partial charge in [-0.25, -0.2) is 0 Å². The molecule has 2 rings (SSSR count). The predicted molar refractivity (Wildman–Crippen MR) is 110 cm³/mol. The van der Waals surface area contributed by atoms with E-state index in [1.165, 1.54) is 31.2 Å². The Bertz CT molecular complexity index is 459. The van der Waals surface area contributed by atoms with Gasteiger partial charge in [0.2, 0.25) is 0 Å². The minimum atomic E-state index is 0.581. The molecule has 0 aromatic heterocycles. The van der Waals surface area contributed by atoms with Crippen molar-refractivity contribution in [2.24, 2.45) is 11.8 Å². The van der Waals surface area contributed by atoms with Gasteiger partial charge in [-0.3, -0.25) is 0 Å². The summed E-state index contributed by atoms with van der Waals surface area (Å²) in [6.07, 6.45) is 5.34. The van der Waals surface area contributed by atoms with Crippen molar-refractivity contribution in [3.63, 3.8) is 0 Å². The Kier molecular flexibility index (Phi) is 13.2. The van der Waals surface area contributed by atoms with Crippen LogP contribution in [0.1, 0.15) is 38.2 Å². The molecular formula is C23H38O5. The van der Waals surface area contributed by atoms with Gasteiger partial charge < -0.3 is 23.7 Å². The van der Waals surface area contributed by atoms with E-state index in [1.54, 1.807) is 0 Å². The lowest BCUT2D eigenvalue weighted by Gasteiger charge is -2.25. The fraction of sp³-hybridized carbons (Fsp3) is 0.739. The Morgan fingerprint density at radius 3 is 1.71 bits per heavy atom. The maximum atomic E-state index is 5.73. The molecule has 1 fully saturated rings. The smallest absolute Gasteiger partial charge is 0.0718 e. The van der Waals surface area contributed by atoms with Crippen LogP contribution in [0.2, 0.25) is 0 Å². The first-order chi connectivity index (χ1) is 13.8. The largest absolute Gasteiger partial charge is 0.379 e. The molecule has 5 nitrogen and oxygen atoms in total. The van der Waals surface area contributed by atoms with Gasteiger partial charge in [-0.1, -0.05) is 50.1 Å². The van der Waals surface area contributed by atoms with Crippen LogP contribution in [0.25, 0.3) is 0 Å². The zero-order chi connectivity index (χ0) is 19.7. The normalized spacial score (nSPS) is 19.8. The molecule has 0 amide bonds. The maximum absolute atomic E-state index is 5.73. The van der Waals surface area contributed by atoms with E-state index in [-0.39, 0.29) is 0 Å². The van der Waals surface area contributed by atoms with Crippen LogP contribution in [-0.2, 0) is 30.3 Å². The molecule has 160 valence electrons. The maximum Gasteiger partial charge on any atom is 0.0718 e. The minimum absolute atomic E-state index is 0.581. The van der Waals surface area contributed by atoms with E-state index in [1.807, 2.05) is 18.2 Å². The quantitative estimate of drug-likeness (QED) is 0.395. The lowest BCUT2D eigenvalue weighted by molar-refractivity contribution is -0.0161. The first-order valence-electron chi connectivity index (χ1n) is 10.8. The summed E-state index contributed by atoms with van der Waals surface area (Å²) in [5, 5.41) is 0. The standard InChI is InChI=1S/C23H38O5/c1-21-7-9-23(10-8-21)20-28-18-16-26-14-12-24-11-13-25-15-17-27-19-22-5-3-2-4-6-22/h2-6,21,23H,7-20H2,1H3. The number of hydrogen-bond acceptors (Lipinski definition) is 5. The monoisotopic (exact) mass is 394 g/mol. The highest BCUT2D eigenvalue weighted by atomic mass is 16.6. The summed E-state index contributed by atoms with van der Waals surface area (Å²) < 4.78 is 27.8. The van der Waals surface area contributed by atoms with Crippen molar-refractivity contribution in [1.29, 1.82) is 0 Å². The molecule has 0 spiro atoms. The summed E-state index contributed by atoms with van der Waals surface area (Å²) in [7, 11) is 0. The SMILES string of the molecule is CC1CCC(COCCOCCOCCOCCOCc2ccccc2)CC1. The third-order valence-corrected chi connectivity index (χ3v) is 5.09. The number of hydrogen-bond donors (Lipinski definition) is 0. The highest BCUT2D eigenvalue weighted by Crippen LogP contribution is 2.28. The molecule has 0 aliphatic heterocycles. The van der Waals surface area contributed by atoms with E-state index in [2.05, 4.69) is 19.1 Å². The van der Waals surface area contributed by atoms with Gasteiger partial charge in [-0.2, -0.15) is 0 Å². The van der Waals surface area contributed by atoms with Crippen LogP contribution in [0.3, 0.4) is 0 Å². The molecule has 1 aromatic carbocycles. The molecule has 0 heterocycles. The average Bonchev–Trinajstić information content (AvgIpc) is 2.73. The van der Waals surface area contributed by atoms with Gasteiger partial charge >= 0.3 is 0 Å². The van der Waals surface area contributed by atoms with Crippen LogP contribution < -0.4 is 0 Å². The fourth-order valence-corrected chi connectivity index (χ4v) is 3.29. The topological polar surface area (TPSA) is 46.2 Å². The lowest BCUT2D eigenvalue weighted by Crippen LogP contribution is -2.19. The molecule has 1 aromatic rings. The molecule has 28 heavy (non-hydrogen) atoms. The van der Waals surface area contributed by atoms with E-state index in [0.29, 0.717) is 59.5 Å². The fourth-order valence-electron chi connectivity index (χ4n) is 3.29. The van der Waals surface area contributed by atoms with Gasteiger partial charge in [-0.05, 0) is 30.2 Å². The van der Waals surface area contributed by atoms with Crippen LogP contribution in [-0.4, -0.2) is 59.5 Å². The molecule has 1 aliphatic carbocycles. The number of benzene rings is 1. The van der Waals surface area contributed by atoms with E-state index in [9.17, 15) is 0 Å². The molecule has 1 saturated carbocycles. The van der Waals surface area contributed by atoms with Crippen LogP contribution in [0, 0.1) is 11.8 Å². The van der Waals surface area contributed by atoms with Gasteiger partial charge in [0.15, 0.2) is 0 Å². The minimum Gasteiger partial charge on any atom is -0.379 e. The molecule has 0 radical (unpaired) electrons. The summed E-state index contributed by atoms with van der Waals surface area (Å²) in [5.74, 6) is 1.65. The van der Waals surface area contributed by atoms with Crippen LogP contribution >= 0.6 is 0 Å². The van der Waals surface area contributed by atoms with Crippen LogP contribution in [0.15, 0.2) is 30.3 Å². The Balaban J connectivity index is 1.24. The summed E-state index contributed by atoms with van der Waals surface area (Å²) in [4.78, 5) is 0. The van der Waals surface area contributed by atoms with Crippen molar-refractivity contribution in [3.05, 3.63) is 35.9 Å². The summed E-state index contributed by atoms with van der Waals surface area (Å²) in [6, 6.07) is 10.1. The van der Waals surface area contributed by atoms with Gasteiger partial charge in [0.05, 0.1) is 59.5 Å². The Hall–Kier alpha value is -0.980. The van der Waals surface area contributed by atoms with Crippen molar-refractivity contribution in [3.8, 4) is 0 Å². The zero-order valence-electron chi connectivity index (χ0n) is 17.5. The second kappa shape index (κ2) is 15.9. The van der Waals surface area contributed by atoms with Crippen molar-refractivity contribution in [1.82, 2.24) is 0 Å². The first-order valence-corrected chi connectivity index (χ1v) is 10.8. The first kappa shape index (κ1) is 23.3. The second-order valence-corrected chi connectivity index (χ2v) is 7.58. The van der Waals surface area contributed by atoms with Gasteiger partial charge in [0.1, 0.15) is 0 Å². The van der Waals surface area contributed by atoms with Crippen molar-refractivity contribution in [2.75, 3.05) is 59.5 Å². The van der Waals surface area contributed by atoms with Gasteiger partial charge in [0, 0.05) is 6.61 Å². The predicted octanol–water partition coefficient (Wildman–Crippen LogP) is 4.10. The molecule has 0 atom stereocenters. The zero-order valence-corrected chi connectivity index (χ0v) is 17.5. The van der Waals surface area contributed by atoms with Crippen LogP contribution in [0.4, 0.5) is 0 Å². The van der Waals surface area contributed by atoms with E-state index in [0.717, 1.165) is 18.4 Å². The Morgan fingerprint density at radius 1 is 0.643 bits per heavy atom. The number of rotatable bonds is 16. The van der Waals surface area contributed by atoms with Gasteiger partial charge in [-0.15, -0.1) is 0 Å². The Labute approximate surface area is 170 Å². The molecule has 5 heteroatoms. The average molecular weight is 395 g/mol. The van der Waals surface area contributed by atoms with E-state index < -0.39 is 0 Å². The van der Waals surface area contributed by atoms with E-state index in [4.69, 9.17) is 23.7 Å². The molecule has 0 N–H and O–H groups in total. The number of ether oxygens (including phenoxy) is 5. The molecule has 0 saturated heterocycles. The van der Waals surface area contributed by atoms with Crippen molar-refractivity contribution >= 4 is 0 Å². The highest BCUT2D eigenvalue weighted by Gasteiger charge is 2.17. The molecule has 0 unspecified atom stereocenters. The van der Waals surface area contributed by atoms with Crippen molar-refractivity contribution in [2.45, 2.75) is 39.2 Å².